The first kappa shape index (κ1) is 18.0. The molecule has 1 aromatic carbocycles. The van der Waals surface area contributed by atoms with Crippen molar-refractivity contribution in [2.24, 2.45) is 0 Å². The van der Waals surface area contributed by atoms with Crippen molar-refractivity contribution in [3.63, 3.8) is 0 Å². The Labute approximate surface area is 144 Å². The molecule has 2 saturated heterocycles. The van der Waals surface area contributed by atoms with Crippen molar-refractivity contribution in [1.82, 2.24) is 9.80 Å². The van der Waals surface area contributed by atoms with Crippen LogP contribution in [0.2, 0.25) is 0 Å². The summed E-state index contributed by atoms with van der Waals surface area (Å²) in [5.74, 6) is -0.336. The molecular formula is C17H21F3N2O3. The van der Waals surface area contributed by atoms with Gasteiger partial charge in [-0.2, -0.15) is 13.2 Å². The number of amides is 1. The van der Waals surface area contributed by atoms with E-state index in [1.54, 1.807) is 0 Å². The average Bonchev–Trinajstić information content (AvgIpc) is 3.21. The number of aliphatic hydroxyl groups is 1. The van der Waals surface area contributed by atoms with E-state index in [-0.39, 0.29) is 30.9 Å². The van der Waals surface area contributed by atoms with Crippen LogP contribution >= 0.6 is 0 Å². The number of ether oxygens (including phenoxy) is 1. The lowest BCUT2D eigenvalue weighted by Crippen LogP contribution is -2.41. The average molecular weight is 358 g/mol. The van der Waals surface area contributed by atoms with Gasteiger partial charge in [0.2, 0.25) is 0 Å². The number of carbonyl (C=O) groups is 1. The summed E-state index contributed by atoms with van der Waals surface area (Å²) in [7, 11) is 0. The molecule has 138 valence electrons. The van der Waals surface area contributed by atoms with Crippen LogP contribution in [0.1, 0.15) is 18.4 Å². The van der Waals surface area contributed by atoms with Gasteiger partial charge in [0.25, 0.3) is 5.91 Å². The number of carbonyl (C=O) groups excluding carboxylic acids is 1. The summed E-state index contributed by atoms with van der Waals surface area (Å²) in [5.41, 5.74) is -0.817. The van der Waals surface area contributed by atoms with Crippen LogP contribution in [-0.2, 0) is 11.0 Å². The Morgan fingerprint density at radius 1 is 1.24 bits per heavy atom. The maximum atomic E-state index is 12.7. The predicted molar refractivity (Wildman–Crippen MR) is 84.1 cm³/mol. The molecular weight excluding hydrogens is 337 g/mol. The molecule has 3 rings (SSSR count). The molecule has 5 nitrogen and oxygen atoms in total. The fraction of sp³-hybridized carbons (Fsp3) is 0.588. The Balaban J connectivity index is 1.55. The number of β-amino-alcohol motifs (C(OH)–C–C–N with tert-alkyl or cyclic N) is 1. The first-order chi connectivity index (χ1) is 11.8. The van der Waals surface area contributed by atoms with E-state index < -0.39 is 17.8 Å². The molecule has 1 N–H and O–H groups in total. The summed E-state index contributed by atoms with van der Waals surface area (Å²) >= 11 is 0. The molecule has 0 bridgehead atoms. The van der Waals surface area contributed by atoms with Gasteiger partial charge in [0, 0.05) is 13.1 Å². The van der Waals surface area contributed by atoms with Gasteiger partial charge in [-0.1, -0.05) is 6.07 Å². The zero-order valence-electron chi connectivity index (χ0n) is 13.7. The molecule has 0 spiro atoms. The maximum absolute atomic E-state index is 12.7. The molecule has 1 aromatic rings. The highest BCUT2D eigenvalue weighted by molar-refractivity contribution is 5.78. The molecule has 0 aliphatic carbocycles. The first-order valence-corrected chi connectivity index (χ1v) is 8.34. The van der Waals surface area contributed by atoms with Crippen LogP contribution in [0.3, 0.4) is 0 Å². The van der Waals surface area contributed by atoms with Crippen LogP contribution < -0.4 is 4.74 Å². The lowest BCUT2D eigenvalue weighted by Gasteiger charge is -2.25. The topological polar surface area (TPSA) is 53.0 Å². The Hall–Kier alpha value is -1.80. The molecule has 2 fully saturated rings. The molecule has 0 radical (unpaired) electrons. The van der Waals surface area contributed by atoms with Crippen LogP contribution in [0.25, 0.3) is 0 Å². The van der Waals surface area contributed by atoms with E-state index in [1.807, 2.05) is 0 Å². The normalized spacial score (nSPS) is 24.7. The molecule has 0 unspecified atom stereocenters. The molecule has 2 aliphatic heterocycles. The second-order valence-corrected chi connectivity index (χ2v) is 6.49. The molecule has 0 saturated carbocycles. The maximum Gasteiger partial charge on any atom is 0.416 e. The second-order valence-electron chi connectivity index (χ2n) is 6.49. The highest BCUT2D eigenvalue weighted by Gasteiger charge is 2.38. The van der Waals surface area contributed by atoms with Gasteiger partial charge in [0.1, 0.15) is 5.75 Å². The number of rotatable bonds is 4. The molecule has 2 aliphatic rings. The molecule has 8 heteroatoms. The van der Waals surface area contributed by atoms with Gasteiger partial charge in [0.15, 0.2) is 6.61 Å². The summed E-state index contributed by atoms with van der Waals surface area (Å²) in [4.78, 5) is 16.0. The number of hydrogen-bond acceptors (Lipinski definition) is 4. The second kappa shape index (κ2) is 7.21. The standard InChI is InChI=1S/C17H21F3N2O3/c18-17(19,20)12-4-3-5-13(8-12)25-11-16(24)22-9-14(15(23)10-22)21-6-1-2-7-21/h3-5,8,14-15,23H,1-2,6-7,9-11H2/t14-,15+/m1/s1. The summed E-state index contributed by atoms with van der Waals surface area (Å²) in [6, 6.07) is 4.38. The number of aliphatic hydroxyl groups excluding tert-OH is 1. The van der Waals surface area contributed by atoms with E-state index in [1.165, 1.54) is 17.0 Å². The number of hydrogen-bond donors (Lipinski definition) is 1. The fourth-order valence-corrected chi connectivity index (χ4v) is 3.40. The van der Waals surface area contributed by atoms with Gasteiger partial charge in [-0.25, -0.2) is 0 Å². The van der Waals surface area contributed by atoms with Crippen molar-refractivity contribution in [2.75, 3.05) is 32.8 Å². The van der Waals surface area contributed by atoms with Crippen LogP contribution in [-0.4, -0.2) is 65.7 Å². The van der Waals surface area contributed by atoms with E-state index >= 15 is 0 Å². The van der Waals surface area contributed by atoms with Crippen molar-refractivity contribution in [2.45, 2.75) is 31.2 Å². The van der Waals surface area contributed by atoms with Crippen LogP contribution in [0.5, 0.6) is 5.75 Å². The van der Waals surface area contributed by atoms with Crippen LogP contribution in [0.4, 0.5) is 13.2 Å². The van der Waals surface area contributed by atoms with Crippen molar-refractivity contribution < 1.29 is 27.8 Å². The first-order valence-electron chi connectivity index (χ1n) is 8.34. The van der Waals surface area contributed by atoms with Crippen molar-refractivity contribution in [3.05, 3.63) is 29.8 Å². The molecule has 2 atom stereocenters. The zero-order chi connectivity index (χ0) is 18.0. The van der Waals surface area contributed by atoms with Gasteiger partial charge >= 0.3 is 6.18 Å². The van der Waals surface area contributed by atoms with Gasteiger partial charge < -0.3 is 14.7 Å². The molecule has 25 heavy (non-hydrogen) atoms. The van der Waals surface area contributed by atoms with Crippen LogP contribution in [0, 0.1) is 0 Å². The van der Waals surface area contributed by atoms with Gasteiger partial charge in [-0.05, 0) is 44.1 Å². The van der Waals surface area contributed by atoms with E-state index in [2.05, 4.69) is 4.90 Å². The monoisotopic (exact) mass is 358 g/mol. The highest BCUT2D eigenvalue weighted by atomic mass is 19.4. The Morgan fingerprint density at radius 3 is 2.64 bits per heavy atom. The molecule has 1 amide bonds. The van der Waals surface area contributed by atoms with Crippen molar-refractivity contribution >= 4 is 5.91 Å². The smallest absolute Gasteiger partial charge is 0.416 e. The SMILES string of the molecule is O=C(COc1cccc(C(F)(F)F)c1)N1C[C@@H](N2CCCC2)[C@@H](O)C1. The van der Waals surface area contributed by atoms with Gasteiger partial charge in [-0.3, -0.25) is 9.69 Å². The molecule has 0 aromatic heterocycles. The largest absolute Gasteiger partial charge is 0.484 e. The van der Waals surface area contributed by atoms with Crippen molar-refractivity contribution in [1.29, 1.82) is 0 Å². The Kier molecular flexibility index (Phi) is 5.19. The number of nitrogens with zero attached hydrogens (tertiary/aromatic N) is 2. The Morgan fingerprint density at radius 2 is 1.96 bits per heavy atom. The van der Waals surface area contributed by atoms with E-state index in [9.17, 15) is 23.1 Å². The van der Waals surface area contributed by atoms with E-state index in [0.717, 1.165) is 38.1 Å². The number of likely N-dealkylation sites (tertiary alicyclic amines) is 2. The molecule has 2 heterocycles. The number of benzene rings is 1. The van der Waals surface area contributed by atoms with Crippen molar-refractivity contribution in [3.8, 4) is 5.75 Å². The third-order valence-corrected chi connectivity index (χ3v) is 4.75. The van der Waals surface area contributed by atoms with Gasteiger partial charge in [0.05, 0.1) is 17.7 Å². The number of halogens is 3. The fourth-order valence-electron chi connectivity index (χ4n) is 3.40. The zero-order valence-corrected chi connectivity index (χ0v) is 13.7. The minimum atomic E-state index is -4.45. The van der Waals surface area contributed by atoms with E-state index in [0.29, 0.717) is 6.54 Å². The van der Waals surface area contributed by atoms with Gasteiger partial charge in [-0.15, -0.1) is 0 Å². The quantitative estimate of drug-likeness (QED) is 0.891. The predicted octanol–water partition coefficient (Wildman–Crippen LogP) is 1.75. The Bertz CT molecular complexity index is 617. The lowest BCUT2D eigenvalue weighted by molar-refractivity contribution is -0.137. The highest BCUT2D eigenvalue weighted by Crippen LogP contribution is 2.31. The lowest BCUT2D eigenvalue weighted by atomic mass is 10.2. The van der Waals surface area contributed by atoms with E-state index in [4.69, 9.17) is 4.74 Å². The minimum Gasteiger partial charge on any atom is -0.484 e. The summed E-state index contributed by atoms with van der Waals surface area (Å²) in [6.07, 6.45) is -2.87. The minimum absolute atomic E-state index is 0.000914. The summed E-state index contributed by atoms with van der Waals surface area (Å²) in [5, 5.41) is 10.2. The number of alkyl halides is 3. The van der Waals surface area contributed by atoms with Crippen LogP contribution in [0.15, 0.2) is 24.3 Å². The third kappa shape index (κ3) is 4.24. The summed E-state index contributed by atoms with van der Waals surface area (Å²) < 4.78 is 43.3. The summed E-state index contributed by atoms with van der Waals surface area (Å²) in [6.45, 7) is 2.15. The third-order valence-electron chi connectivity index (χ3n) is 4.75.